The Balaban J connectivity index is 2.93. The minimum atomic E-state index is -0.546. The fourth-order valence-corrected chi connectivity index (χ4v) is 2.39. The van der Waals surface area contributed by atoms with Crippen LogP contribution in [-0.4, -0.2) is 35.7 Å². The maximum Gasteiger partial charge on any atom is 0.123 e. The summed E-state index contributed by atoms with van der Waals surface area (Å²) in [4.78, 5) is 2.02. The molecule has 0 radical (unpaired) electrons. The van der Waals surface area contributed by atoms with Crippen LogP contribution in [0.15, 0.2) is 22.7 Å². The number of rotatable bonds is 5. The molecular weight excluding hydrogens is 297 g/mol. The molecule has 0 aromatic heterocycles. The standard InChI is InChI=1S/C14H21BrFNO/c1-5-14(2,17(3)4)13(18)9-10-8-11(16)6-7-12(10)15/h6-8,13,18H,5,9H2,1-4H3. The van der Waals surface area contributed by atoms with Crippen molar-refractivity contribution in [3.8, 4) is 0 Å². The summed E-state index contributed by atoms with van der Waals surface area (Å²) in [5.41, 5.74) is 0.482. The van der Waals surface area contributed by atoms with E-state index in [0.29, 0.717) is 6.42 Å². The first-order valence-corrected chi connectivity index (χ1v) is 6.90. The molecule has 0 heterocycles. The summed E-state index contributed by atoms with van der Waals surface area (Å²) in [6.07, 6.45) is 0.713. The topological polar surface area (TPSA) is 23.5 Å². The summed E-state index contributed by atoms with van der Waals surface area (Å²) in [7, 11) is 3.90. The Kier molecular flexibility index (Phi) is 5.32. The van der Waals surface area contributed by atoms with Crippen LogP contribution in [0, 0.1) is 5.82 Å². The number of nitrogens with zero attached hydrogens (tertiary/aromatic N) is 1. The highest BCUT2D eigenvalue weighted by Gasteiger charge is 2.33. The van der Waals surface area contributed by atoms with E-state index in [0.717, 1.165) is 16.5 Å². The highest BCUT2D eigenvalue weighted by Crippen LogP contribution is 2.27. The second-order valence-corrected chi connectivity index (χ2v) is 5.92. The van der Waals surface area contributed by atoms with Gasteiger partial charge in [-0.05, 0) is 51.2 Å². The van der Waals surface area contributed by atoms with Crippen molar-refractivity contribution in [2.45, 2.75) is 38.3 Å². The molecule has 0 saturated carbocycles. The highest BCUT2D eigenvalue weighted by atomic mass is 79.9. The summed E-state index contributed by atoms with van der Waals surface area (Å²) >= 11 is 3.39. The smallest absolute Gasteiger partial charge is 0.123 e. The predicted molar refractivity (Wildman–Crippen MR) is 76.2 cm³/mol. The molecule has 102 valence electrons. The molecule has 1 aromatic rings. The quantitative estimate of drug-likeness (QED) is 0.901. The van der Waals surface area contributed by atoms with Crippen LogP contribution in [0.4, 0.5) is 4.39 Å². The van der Waals surface area contributed by atoms with Crippen molar-refractivity contribution in [1.82, 2.24) is 4.90 Å². The van der Waals surface area contributed by atoms with Gasteiger partial charge < -0.3 is 10.0 Å². The fourth-order valence-electron chi connectivity index (χ4n) is 1.98. The van der Waals surface area contributed by atoms with Crippen LogP contribution >= 0.6 is 15.9 Å². The molecule has 1 N–H and O–H groups in total. The second kappa shape index (κ2) is 6.13. The van der Waals surface area contributed by atoms with Gasteiger partial charge in [-0.3, -0.25) is 0 Å². The van der Waals surface area contributed by atoms with E-state index < -0.39 is 6.10 Å². The number of aliphatic hydroxyl groups is 1. The lowest BCUT2D eigenvalue weighted by Crippen LogP contribution is -2.51. The maximum absolute atomic E-state index is 13.2. The Hall–Kier alpha value is -0.450. The summed E-state index contributed by atoms with van der Waals surface area (Å²) in [5, 5.41) is 10.4. The van der Waals surface area contributed by atoms with E-state index in [9.17, 15) is 9.50 Å². The lowest BCUT2D eigenvalue weighted by Gasteiger charge is -2.40. The van der Waals surface area contributed by atoms with Crippen LogP contribution in [0.3, 0.4) is 0 Å². The van der Waals surface area contributed by atoms with E-state index in [2.05, 4.69) is 15.9 Å². The molecule has 2 unspecified atom stereocenters. The SMILES string of the molecule is CCC(C)(C(O)Cc1cc(F)ccc1Br)N(C)C. The summed E-state index contributed by atoms with van der Waals surface area (Å²) in [6, 6.07) is 4.56. The summed E-state index contributed by atoms with van der Waals surface area (Å²) < 4.78 is 14.1. The zero-order valence-electron chi connectivity index (χ0n) is 11.4. The molecule has 0 amide bonds. The van der Waals surface area contributed by atoms with E-state index >= 15 is 0 Å². The van der Waals surface area contributed by atoms with Crippen LogP contribution in [0.1, 0.15) is 25.8 Å². The Morgan fingerprint density at radius 1 is 1.44 bits per heavy atom. The molecular formula is C14H21BrFNO. The molecule has 0 fully saturated rings. The van der Waals surface area contributed by atoms with Gasteiger partial charge >= 0.3 is 0 Å². The zero-order chi connectivity index (χ0) is 13.9. The molecule has 1 rings (SSSR count). The van der Waals surface area contributed by atoms with Gasteiger partial charge in [0.2, 0.25) is 0 Å². The van der Waals surface area contributed by atoms with Crippen LogP contribution in [0.25, 0.3) is 0 Å². The second-order valence-electron chi connectivity index (χ2n) is 5.06. The normalized spacial score (nSPS) is 16.7. The van der Waals surface area contributed by atoms with Crippen molar-refractivity contribution in [3.63, 3.8) is 0 Å². The Morgan fingerprint density at radius 3 is 2.56 bits per heavy atom. The van der Waals surface area contributed by atoms with Crippen molar-refractivity contribution in [2.75, 3.05) is 14.1 Å². The number of hydrogen-bond acceptors (Lipinski definition) is 2. The fraction of sp³-hybridized carbons (Fsp3) is 0.571. The molecule has 0 aliphatic heterocycles. The van der Waals surface area contributed by atoms with Crippen molar-refractivity contribution in [3.05, 3.63) is 34.1 Å². The van der Waals surface area contributed by atoms with Crippen LogP contribution in [0.5, 0.6) is 0 Å². The minimum Gasteiger partial charge on any atom is -0.391 e. The van der Waals surface area contributed by atoms with Crippen LogP contribution < -0.4 is 0 Å². The van der Waals surface area contributed by atoms with E-state index in [4.69, 9.17) is 0 Å². The molecule has 0 spiro atoms. The van der Waals surface area contributed by atoms with E-state index in [1.807, 2.05) is 32.8 Å². The van der Waals surface area contributed by atoms with E-state index in [1.54, 1.807) is 6.07 Å². The number of hydrogen-bond donors (Lipinski definition) is 1. The highest BCUT2D eigenvalue weighted by molar-refractivity contribution is 9.10. The first kappa shape index (κ1) is 15.6. The number of benzene rings is 1. The van der Waals surface area contributed by atoms with Crippen molar-refractivity contribution < 1.29 is 9.50 Å². The van der Waals surface area contributed by atoms with Gasteiger partial charge in [-0.25, -0.2) is 4.39 Å². The Bertz CT molecular complexity index is 411. The first-order chi connectivity index (χ1) is 8.31. The van der Waals surface area contributed by atoms with E-state index in [-0.39, 0.29) is 11.4 Å². The number of halogens is 2. The van der Waals surface area contributed by atoms with Crippen molar-refractivity contribution in [1.29, 1.82) is 0 Å². The largest absolute Gasteiger partial charge is 0.391 e. The first-order valence-electron chi connectivity index (χ1n) is 6.10. The molecule has 2 nitrogen and oxygen atoms in total. The molecule has 2 atom stereocenters. The van der Waals surface area contributed by atoms with Gasteiger partial charge in [0.15, 0.2) is 0 Å². The molecule has 0 aliphatic rings. The monoisotopic (exact) mass is 317 g/mol. The third-order valence-electron chi connectivity index (χ3n) is 3.88. The average Bonchev–Trinajstić information content (AvgIpc) is 2.32. The molecule has 18 heavy (non-hydrogen) atoms. The van der Waals surface area contributed by atoms with Crippen molar-refractivity contribution >= 4 is 15.9 Å². The van der Waals surface area contributed by atoms with Gasteiger partial charge in [-0.15, -0.1) is 0 Å². The summed E-state index contributed by atoms with van der Waals surface area (Å²) in [6.45, 7) is 4.06. The Morgan fingerprint density at radius 2 is 2.06 bits per heavy atom. The molecule has 0 saturated heterocycles. The molecule has 4 heteroatoms. The van der Waals surface area contributed by atoms with Gasteiger partial charge in [-0.1, -0.05) is 22.9 Å². The number of aliphatic hydroxyl groups excluding tert-OH is 1. The predicted octanol–water partition coefficient (Wildman–Crippen LogP) is 3.22. The van der Waals surface area contributed by atoms with E-state index in [1.165, 1.54) is 12.1 Å². The maximum atomic E-state index is 13.2. The Labute approximate surface area is 117 Å². The molecule has 1 aromatic carbocycles. The third kappa shape index (κ3) is 3.31. The molecule has 0 aliphatic carbocycles. The van der Waals surface area contributed by atoms with Crippen molar-refractivity contribution in [2.24, 2.45) is 0 Å². The zero-order valence-corrected chi connectivity index (χ0v) is 13.0. The average molecular weight is 318 g/mol. The van der Waals surface area contributed by atoms with Gasteiger partial charge in [-0.2, -0.15) is 0 Å². The minimum absolute atomic E-state index is 0.275. The van der Waals surface area contributed by atoms with Crippen LogP contribution in [-0.2, 0) is 6.42 Å². The molecule has 0 bridgehead atoms. The summed E-state index contributed by atoms with van der Waals surface area (Å²) in [5.74, 6) is -0.275. The van der Waals surface area contributed by atoms with Gasteiger partial charge in [0, 0.05) is 16.4 Å². The van der Waals surface area contributed by atoms with Gasteiger partial charge in [0.1, 0.15) is 5.82 Å². The van der Waals surface area contributed by atoms with Gasteiger partial charge in [0.25, 0.3) is 0 Å². The van der Waals surface area contributed by atoms with Gasteiger partial charge in [0.05, 0.1) is 6.10 Å². The van der Waals surface area contributed by atoms with Crippen LogP contribution in [0.2, 0.25) is 0 Å². The third-order valence-corrected chi connectivity index (χ3v) is 4.65. The lowest BCUT2D eigenvalue weighted by atomic mass is 9.86. The lowest BCUT2D eigenvalue weighted by molar-refractivity contribution is 0.00289. The number of likely N-dealkylation sites (N-methyl/N-ethyl adjacent to an activating group) is 1.